The molecular weight excluding hydrogens is 949 g/mol. The molecule has 0 rings (SSSR count). The monoisotopic (exact) mass is 1060 g/mol. The summed E-state index contributed by atoms with van der Waals surface area (Å²) in [4.78, 5) is 38.3. The van der Waals surface area contributed by atoms with Gasteiger partial charge in [-0.2, -0.15) is 0 Å². The third-order valence-corrected chi connectivity index (χ3v) is 13.2. The zero-order valence-corrected chi connectivity index (χ0v) is 49.9. The van der Waals surface area contributed by atoms with Crippen LogP contribution in [-0.4, -0.2) is 37.2 Å². The SMILES string of the molecule is CC/C=C\C/C=C\C/C=C\C/C=C\C/C=C\C/C=C\CCC(=O)OC(COC(=O)CCCCCCCCC/C=C\C/C=C\C/C=C\C/C=C\C/C=C\CC)COC(=O)CCCCCCCCCCCCCCCCCCC. The van der Waals surface area contributed by atoms with Gasteiger partial charge in [0.1, 0.15) is 13.2 Å². The van der Waals surface area contributed by atoms with Crippen LogP contribution in [0.1, 0.15) is 278 Å². The Morgan fingerprint density at radius 3 is 0.844 bits per heavy atom. The average Bonchev–Trinajstić information content (AvgIpc) is 3.43. The molecule has 0 aromatic carbocycles. The van der Waals surface area contributed by atoms with E-state index in [2.05, 4.69) is 148 Å². The Balaban J connectivity index is 4.51. The maximum Gasteiger partial charge on any atom is 0.306 e. The van der Waals surface area contributed by atoms with Gasteiger partial charge in [-0.3, -0.25) is 14.4 Å². The summed E-state index contributed by atoms with van der Waals surface area (Å²) in [5.41, 5.74) is 0. The largest absolute Gasteiger partial charge is 0.462 e. The molecule has 0 saturated carbocycles. The van der Waals surface area contributed by atoms with E-state index in [1.807, 2.05) is 6.08 Å². The van der Waals surface area contributed by atoms with Crippen LogP contribution in [0.5, 0.6) is 0 Å². The van der Waals surface area contributed by atoms with Crippen molar-refractivity contribution in [1.29, 1.82) is 0 Å². The van der Waals surface area contributed by atoms with E-state index >= 15 is 0 Å². The normalized spacial score (nSPS) is 13.0. The van der Waals surface area contributed by atoms with Gasteiger partial charge in [0.2, 0.25) is 0 Å². The Labute approximate surface area is 475 Å². The number of allylic oxidation sites excluding steroid dienone is 22. The lowest BCUT2D eigenvalue weighted by atomic mass is 10.0. The van der Waals surface area contributed by atoms with Crippen LogP contribution in [0, 0.1) is 0 Å². The molecular formula is C71H116O6. The highest BCUT2D eigenvalue weighted by atomic mass is 16.6. The van der Waals surface area contributed by atoms with Crippen LogP contribution >= 0.6 is 0 Å². The highest BCUT2D eigenvalue weighted by Crippen LogP contribution is 2.16. The zero-order valence-electron chi connectivity index (χ0n) is 49.9. The molecule has 1 atom stereocenters. The minimum Gasteiger partial charge on any atom is -0.462 e. The third-order valence-electron chi connectivity index (χ3n) is 13.2. The Morgan fingerprint density at radius 2 is 0.532 bits per heavy atom. The van der Waals surface area contributed by atoms with Crippen molar-refractivity contribution in [2.45, 2.75) is 284 Å². The smallest absolute Gasteiger partial charge is 0.306 e. The van der Waals surface area contributed by atoms with Crippen molar-refractivity contribution in [2.24, 2.45) is 0 Å². The van der Waals surface area contributed by atoms with Crippen molar-refractivity contribution in [1.82, 2.24) is 0 Å². The van der Waals surface area contributed by atoms with Gasteiger partial charge in [0, 0.05) is 19.3 Å². The van der Waals surface area contributed by atoms with Crippen molar-refractivity contribution in [3.05, 3.63) is 134 Å². The van der Waals surface area contributed by atoms with E-state index in [0.29, 0.717) is 19.3 Å². The molecule has 0 fully saturated rings. The first kappa shape index (κ1) is 72.5. The van der Waals surface area contributed by atoms with Crippen molar-refractivity contribution in [3.63, 3.8) is 0 Å². The molecule has 0 radical (unpaired) electrons. The molecule has 0 saturated heterocycles. The Bertz CT molecular complexity index is 1650. The first-order valence-corrected chi connectivity index (χ1v) is 31.7. The quantitative estimate of drug-likeness (QED) is 0.0261. The summed E-state index contributed by atoms with van der Waals surface area (Å²) in [6.07, 6.45) is 90.3. The van der Waals surface area contributed by atoms with Gasteiger partial charge in [0.05, 0.1) is 0 Å². The van der Waals surface area contributed by atoms with Gasteiger partial charge in [-0.15, -0.1) is 0 Å². The lowest BCUT2D eigenvalue weighted by Crippen LogP contribution is -2.30. The van der Waals surface area contributed by atoms with Crippen molar-refractivity contribution in [2.75, 3.05) is 13.2 Å². The molecule has 1 unspecified atom stereocenters. The number of hydrogen-bond acceptors (Lipinski definition) is 6. The fourth-order valence-corrected chi connectivity index (χ4v) is 8.50. The summed E-state index contributed by atoms with van der Waals surface area (Å²) in [5.74, 6) is -1.01. The van der Waals surface area contributed by atoms with Crippen molar-refractivity contribution in [3.8, 4) is 0 Å². The average molecular weight is 1070 g/mol. The van der Waals surface area contributed by atoms with E-state index in [4.69, 9.17) is 14.2 Å². The van der Waals surface area contributed by atoms with Crippen LogP contribution in [0.25, 0.3) is 0 Å². The molecule has 0 aliphatic carbocycles. The van der Waals surface area contributed by atoms with E-state index in [9.17, 15) is 14.4 Å². The summed E-state index contributed by atoms with van der Waals surface area (Å²) in [6, 6.07) is 0. The fraction of sp³-hybridized carbons (Fsp3) is 0.648. The van der Waals surface area contributed by atoms with Crippen LogP contribution in [-0.2, 0) is 28.6 Å². The van der Waals surface area contributed by atoms with E-state index in [0.717, 1.165) is 116 Å². The van der Waals surface area contributed by atoms with Gasteiger partial charge in [-0.25, -0.2) is 0 Å². The minimum absolute atomic E-state index is 0.113. The molecule has 6 heteroatoms. The Hall–Kier alpha value is -4.45. The molecule has 0 aromatic rings. The molecule has 0 aliphatic rings. The first-order valence-electron chi connectivity index (χ1n) is 31.7. The first-order chi connectivity index (χ1) is 38.0. The van der Waals surface area contributed by atoms with Crippen molar-refractivity contribution >= 4 is 17.9 Å². The van der Waals surface area contributed by atoms with E-state index < -0.39 is 12.1 Å². The van der Waals surface area contributed by atoms with Gasteiger partial charge >= 0.3 is 17.9 Å². The second-order valence-electron chi connectivity index (χ2n) is 20.6. The molecule has 0 bridgehead atoms. The molecule has 0 spiro atoms. The lowest BCUT2D eigenvalue weighted by molar-refractivity contribution is -0.166. The molecule has 77 heavy (non-hydrogen) atoms. The molecule has 0 heterocycles. The summed E-state index contributed by atoms with van der Waals surface area (Å²) in [7, 11) is 0. The maximum absolute atomic E-state index is 12.9. The number of carbonyl (C=O) groups excluding carboxylic acids is 3. The van der Waals surface area contributed by atoms with Gasteiger partial charge in [-0.05, 0) is 103 Å². The van der Waals surface area contributed by atoms with Gasteiger partial charge < -0.3 is 14.2 Å². The van der Waals surface area contributed by atoms with Gasteiger partial charge in [-0.1, -0.05) is 289 Å². The van der Waals surface area contributed by atoms with E-state index in [1.165, 1.54) is 116 Å². The van der Waals surface area contributed by atoms with Crippen LogP contribution in [0.3, 0.4) is 0 Å². The van der Waals surface area contributed by atoms with Crippen LogP contribution in [0.15, 0.2) is 134 Å². The number of ether oxygens (including phenoxy) is 3. The standard InChI is InChI=1S/C71H116O6/c1-4-7-10-13-16-19-22-25-28-31-33-34-35-36-38-40-43-46-49-52-55-58-61-64-70(73)76-67-68(66-75-69(72)63-60-57-54-51-48-45-42-39-30-27-24-21-18-15-12-9-6-3)77-71(74)65-62-59-56-53-50-47-44-41-37-32-29-26-23-20-17-14-11-8-5-2/h7-8,10-11,16-17,19-20,25-26,28-29,33-34,36-38,41,47,50,56,59,68H,4-6,9,12-15,18,21-24,27,30-32,35,39-40,42-46,48-49,51-55,57-58,60-67H2,1-3H3/b10-7-,11-8-,19-16-,20-17-,28-25-,29-26-,34-33-,38-36-,41-37-,50-47-,59-56-. The highest BCUT2D eigenvalue weighted by molar-refractivity contribution is 5.71. The molecule has 0 amide bonds. The summed E-state index contributed by atoms with van der Waals surface area (Å²) < 4.78 is 16.9. The highest BCUT2D eigenvalue weighted by Gasteiger charge is 2.19. The van der Waals surface area contributed by atoms with E-state index in [-0.39, 0.29) is 31.6 Å². The Kier molecular flexibility index (Phi) is 60.4. The molecule has 6 nitrogen and oxygen atoms in total. The van der Waals surface area contributed by atoms with Crippen LogP contribution < -0.4 is 0 Å². The number of esters is 3. The van der Waals surface area contributed by atoms with Gasteiger partial charge in [0.25, 0.3) is 0 Å². The summed E-state index contributed by atoms with van der Waals surface area (Å²) >= 11 is 0. The third kappa shape index (κ3) is 62.3. The number of carbonyl (C=O) groups is 3. The topological polar surface area (TPSA) is 78.9 Å². The molecule has 0 aromatic heterocycles. The second kappa shape index (κ2) is 64.1. The minimum atomic E-state index is -0.828. The van der Waals surface area contributed by atoms with Crippen molar-refractivity contribution < 1.29 is 28.6 Å². The Morgan fingerprint density at radius 1 is 0.273 bits per heavy atom. The zero-order chi connectivity index (χ0) is 55.7. The predicted octanol–water partition coefficient (Wildman–Crippen LogP) is 21.8. The molecule has 0 N–H and O–H groups in total. The lowest BCUT2D eigenvalue weighted by Gasteiger charge is -2.18. The van der Waals surface area contributed by atoms with Crippen LogP contribution in [0.2, 0.25) is 0 Å². The van der Waals surface area contributed by atoms with E-state index in [1.54, 1.807) is 0 Å². The molecule has 0 aliphatic heterocycles. The van der Waals surface area contributed by atoms with Crippen LogP contribution in [0.4, 0.5) is 0 Å². The fourth-order valence-electron chi connectivity index (χ4n) is 8.50. The second-order valence-corrected chi connectivity index (χ2v) is 20.6. The van der Waals surface area contributed by atoms with Gasteiger partial charge in [0.15, 0.2) is 6.10 Å². The number of hydrogen-bond donors (Lipinski definition) is 0. The summed E-state index contributed by atoms with van der Waals surface area (Å²) in [5, 5.41) is 0. The predicted molar refractivity (Wildman–Crippen MR) is 334 cm³/mol. The number of rotatable bonds is 56. The molecule has 436 valence electrons. The summed E-state index contributed by atoms with van der Waals surface area (Å²) in [6.45, 7) is 6.36. The maximum atomic E-state index is 12.9. The number of unbranched alkanes of at least 4 members (excludes halogenated alkanes) is 23.